The normalized spacial score (nSPS) is 10.4. The summed E-state index contributed by atoms with van der Waals surface area (Å²) in [5.41, 5.74) is 2.28. The number of hydroxylamine groups is 1. The molecule has 0 saturated heterocycles. The summed E-state index contributed by atoms with van der Waals surface area (Å²) in [6, 6.07) is 0. The number of amidine groups is 1. The summed E-state index contributed by atoms with van der Waals surface area (Å²) in [6.07, 6.45) is 2.15. The SMILES string of the molecule is COCCOCCOCC(=N)NO/C=C/C(=O)OC. The van der Waals surface area contributed by atoms with E-state index < -0.39 is 5.97 Å². The van der Waals surface area contributed by atoms with E-state index in [0.29, 0.717) is 26.4 Å². The number of rotatable bonds is 11. The maximum Gasteiger partial charge on any atom is 0.333 e. The Balaban J connectivity index is 3.35. The highest BCUT2D eigenvalue weighted by Crippen LogP contribution is 1.82. The van der Waals surface area contributed by atoms with Crippen LogP contribution in [-0.4, -0.2) is 59.1 Å². The zero-order valence-corrected chi connectivity index (χ0v) is 11.1. The van der Waals surface area contributed by atoms with E-state index in [4.69, 9.17) is 24.5 Å². The molecule has 0 heterocycles. The smallest absolute Gasteiger partial charge is 0.333 e. The molecule has 0 unspecified atom stereocenters. The highest BCUT2D eigenvalue weighted by Gasteiger charge is 1.96. The van der Waals surface area contributed by atoms with E-state index in [1.54, 1.807) is 7.11 Å². The van der Waals surface area contributed by atoms with Crippen LogP contribution in [-0.2, 0) is 28.6 Å². The van der Waals surface area contributed by atoms with Crippen molar-refractivity contribution in [2.75, 3.05) is 47.3 Å². The van der Waals surface area contributed by atoms with Crippen LogP contribution in [0.4, 0.5) is 0 Å². The Hall–Kier alpha value is -1.64. The minimum atomic E-state index is -0.544. The first-order chi connectivity index (χ1) is 9.20. The second kappa shape index (κ2) is 12.8. The number of nitrogens with one attached hydrogen (secondary N) is 2. The van der Waals surface area contributed by atoms with Gasteiger partial charge in [0.15, 0.2) is 5.84 Å². The molecule has 0 spiro atoms. The molecule has 0 aromatic rings. The molecular formula is C11H20N2O6. The molecule has 0 aliphatic carbocycles. The van der Waals surface area contributed by atoms with Gasteiger partial charge in [0.25, 0.3) is 0 Å². The zero-order chi connectivity index (χ0) is 14.3. The molecule has 2 N–H and O–H groups in total. The number of methoxy groups -OCH3 is 2. The number of hydrogen-bond acceptors (Lipinski definition) is 7. The fourth-order valence-corrected chi connectivity index (χ4v) is 0.829. The van der Waals surface area contributed by atoms with Crippen LogP contribution in [0.15, 0.2) is 12.3 Å². The summed E-state index contributed by atoms with van der Waals surface area (Å²) in [7, 11) is 2.85. The van der Waals surface area contributed by atoms with Crippen LogP contribution in [0.3, 0.4) is 0 Å². The average molecular weight is 276 g/mol. The van der Waals surface area contributed by atoms with Crippen molar-refractivity contribution in [3.05, 3.63) is 12.3 Å². The fraction of sp³-hybridized carbons (Fsp3) is 0.636. The molecule has 8 heteroatoms. The Kier molecular flexibility index (Phi) is 11.7. The molecular weight excluding hydrogens is 256 g/mol. The molecule has 19 heavy (non-hydrogen) atoms. The van der Waals surface area contributed by atoms with Gasteiger partial charge in [0.1, 0.15) is 12.9 Å². The molecule has 0 saturated carbocycles. The van der Waals surface area contributed by atoms with Crippen molar-refractivity contribution in [1.82, 2.24) is 5.48 Å². The molecule has 0 fully saturated rings. The maximum absolute atomic E-state index is 10.7. The Morgan fingerprint density at radius 3 is 2.53 bits per heavy atom. The highest BCUT2D eigenvalue weighted by atomic mass is 16.6. The summed E-state index contributed by atoms with van der Waals surface area (Å²) >= 11 is 0. The van der Waals surface area contributed by atoms with Crippen LogP contribution < -0.4 is 5.48 Å². The summed E-state index contributed by atoms with van der Waals surface area (Å²) in [5, 5.41) is 7.39. The van der Waals surface area contributed by atoms with Crippen molar-refractivity contribution >= 4 is 11.8 Å². The molecule has 0 aromatic heterocycles. The standard InChI is InChI=1S/C11H20N2O6/c1-15-5-6-17-7-8-18-9-10(12)13-19-4-3-11(14)16-2/h3-4H,5-9H2,1-2H3,(H2,12,13)/b4-3+. The van der Waals surface area contributed by atoms with E-state index >= 15 is 0 Å². The number of ether oxygens (including phenoxy) is 4. The van der Waals surface area contributed by atoms with Crippen molar-refractivity contribution in [3.63, 3.8) is 0 Å². The van der Waals surface area contributed by atoms with E-state index in [9.17, 15) is 4.79 Å². The molecule has 0 amide bonds. The van der Waals surface area contributed by atoms with Crippen molar-refractivity contribution in [1.29, 1.82) is 5.41 Å². The lowest BCUT2D eigenvalue weighted by Gasteiger charge is -2.07. The lowest BCUT2D eigenvalue weighted by Crippen LogP contribution is -2.26. The number of esters is 1. The first kappa shape index (κ1) is 17.4. The Morgan fingerprint density at radius 1 is 1.16 bits per heavy atom. The van der Waals surface area contributed by atoms with Gasteiger partial charge in [-0.1, -0.05) is 0 Å². The number of hydrogen-bond donors (Lipinski definition) is 2. The predicted molar refractivity (Wildman–Crippen MR) is 66.6 cm³/mol. The summed E-state index contributed by atoms with van der Waals surface area (Å²) in [5.74, 6) is -0.524. The zero-order valence-electron chi connectivity index (χ0n) is 11.1. The first-order valence-corrected chi connectivity index (χ1v) is 5.58. The molecule has 0 radical (unpaired) electrons. The maximum atomic E-state index is 10.7. The molecule has 0 rings (SSSR count). The van der Waals surface area contributed by atoms with Gasteiger partial charge in [-0.3, -0.25) is 5.41 Å². The van der Waals surface area contributed by atoms with Gasteiger partial charge in [-0.25, -0.2) is 10.3 Å². The molecule has 0 bridgehead atoms. The van der Waals surface area contributed by atoms with E-state index in [-0.39, 0.29) is 12.4 Å². The first-order valence-electron chi connectivity index (χ1n) is 5.58. The lowest BCUT2D eigenvalue weighted by molar-refractivity contribution is -0.135. The average Bonchev–Trinajstić information content (AvgIpc) is 2.42. The van der Waals surface area contributed by atoms with Gasteiger partial charge >= 0.3 is 5.97 Å². The molecule has 0 aliphatic heterocycles. The highest BCUT2D eigenvalue weighted by molar-refractivity contribution is 5.81. The van der Waals surface area contributed by atoms with Crippen molar-refractivity contribution in [3.8, 4) is 0 Å². The molecule has 0 aliphatic rings. The van der Waals surface area contributed by atoms with Crippen LogP contribution in [0, 0.1) is 5.41 Å². The van der Waals surface area contributed by atoms with Crippen LogP contribution in [0.1, 0.15) is 0 Å². The molecule has 110 valence electrons. The summed E-state index contributed by atoms with van der Waals surface area (Å²) in [6.45, 7) is 1.90. The number of carbonyl (C=O) groups is 1. The quantitative estimate of drug-likeness (QED) is 0.103. The summed E-state index contributed by atoms with van der Waals surface area (Å²) < 4.78 is 19.4. The minimum Gasteiger partial charge on any atom is -0.466 e. The number of carbonyl (C=O) groups excluding carboxylic acids is 1. The Labute approximate surface area is 112 Å². The second-order valence-corrected chi connectivity index (χ2v) is 3.18. The van der Waals surface area contributed by atoms with E-state index in [0.717, 1.165) is 12.3 Å². The van der Waals surface area contributed by atoms with E-state index in [2.05, 4.69) is 10.2 Å². The Bertz CT molecular complexity index is 282. The van der Waals surface area contributed by atoms with E-state index in [1.165, 1.54) is 7.11 Å². The fourth-order valence-electron chi connectivity index (χ4n) is 0.829. The van der Waals surface area contributed by atoms with Crippen LogP contribution in [0.25, 0.3) is 0 Å². The predicted octanol–water partition coefficient (Wildman–Crippen LogP) is -0.149. The van der Waals surface area contributed by atoms with Crippen molar-refractivity contribution in [2.45, 2.75) is 0 Å². The third-order valence-corrected chi connectivity index (χ3v) is 1.71. The third-order valence-electron chi connectivity index (χ3n) is 1.71. The van der Waals surface area contributed by atoms with Gasteiger partial charge < -0.3 is 23.8 Å². The van der Waals surface area contributed by atoms with Gasteiger partial charge in [-0.15, -0.1) is 0 Å². The van der Waals surface area contributed by atoms with Gasteiger partial charge in [-0.2, -0.15) is 0 Å². The summed E-state index contributed by atoms with van der Waals surface area (Å²) in [4.78, 5) is 15.4. The molecule has 0 atom stereocenters. The third kappa shape index (κ3) is 12.6. The van der Waals surface area contributed by atoms with Crippen molar-refractivity contribution < 1.29 is 28.6 Å². The van der Waals surface area contributed by atoms with Gasteiger partial charge in [0, 0.05) is 7.11 Å². The molecule has 0 aromatic carbocycles. The van der Waals surface area contributed by atoms with Gasteiger partial charge in [0.05, 0.1) is 39.6 Å². The largest absolute Gasteiger partial charge is 0.466 e. The van der Waals surface area contributed by atoms with Gasteiger partial charge in [-0.05, 0) is 0 Å². The topological polar surface area (TPSA) is 99.1 Å². The minimum absolute atomic E-state index is 0.0198. The molecule has 8 nitrogen and oxygen atoms in total. The van der Waals surface area contributed by atoms with E-state index in [1.807, 2.05) is 0 Å². The van der Waals surface area contributed by atoms with Crippen molar-refractivity contribution in [2.24, 2.45) is 0 Å². The Morgan fingerprint density at radius 2 is 1.84 bits per heavy atom. The van der Waals surface area contributed by atoms with Gasteiger partial charge in [0.2, 0.25) is 0 Å². The van der Waals surface area contributed by atoms with Crippen LogP contribution in [0.5, 0.6) is 0 Å². The lowest BCUT2D eigenvalue weighted by atomic mass is 10.6. The van der Waals surface area contributed by atoms with Crippen LogP contribution >= 0.6 is 0 Å². The monoisotopic (exact) mass is 276 g/mol. The van der Waals surface area contributed by atoms with Crippen LogP contribution in [0.2, 0.25) is 0 Å². The second-order valence-electron chi connectivity index (χ2n) is 3.18.